The smallest absolute Gasteiger partial charge is 0.308 e. The molecule has 2 aliphatic carbocycles. The van der Waals surface area contributed by atoms with Crippen molar-refractivity contribution < 1.29 is 19.4 Å². The summed E-state index contributed by atoms with van der Waals surface area (Å²) >= 11 is 0. The highest BCUT2D eigenvalue weighted by molar-refractivity contribution is 5.79. The number of hydrogen-bond donors (Lipinski definition) is 2. The van der Waals surface area contributed by atoms with Crippen LogP contribution in [0.15, 0.2) is 36.4 Å². The van der Waals surface area contributed by atoms with Crippen LogP contribution < -0.4 is 10.1 Å². The molecular formula is C29H41NO4. The second-order valence-electron chi connectivity index (χ2n) is 9.37. The Balaban J connectivity index is 0.000000180. The zero-order chi connectivity index (χ0) is 25.1. The van der Waals surface area contributed by atoms with Gasteiger partial charge in [0, 0.05) is 19.4 Å². The van der Waals surface area contributed by atoms with E-state index in [0.29, 0.717) is 23.3 Å². The number of aromatic hydroxyl groups is 1. The Hall–Kier alpha value is -2.82. The molecule has 2 aliphatic rings. The van der Waals surface area contributed by atoms with E-state index in [1.807, 2.05) is 38.1 Å². The molecule has 0 aliphatic heterocycles. The summed E-state index contributed by atoms with van der Waals surface area (Å²) in [6.45, 7) is 10.5. The molecule has 1 fully saturated rings. The molecule has 0 saturated heterocycles. The van der Waals surface area contributed by atoms with Gasteiger partial charge in [0.05, 0.1) is 0 Å². The zero-order valence-electron chi connectivity index (χ0n) is 21.4. The van der Waals surface area contributed by atoms with Gasteiger partial charge in [0.1, 0.15) is 11.5 Å². The summed E-state index contributed by atoms with van der Waals surface area (Å²) in [7, 11) is 0. The minimum absolute atomic E-state index is 0.271. The van der Waals surface area contributed by atoms with Crippen LogP contribution in [0, 0.1) is 19.8 Å². The van der Waals surface area contributed by atoms with Crippen molar-refractivity contribution in [3.05, 3.63) is 58.7 Å². The van der Waals surface area contributed by atoms with Crippen LogP contribution in [-0.4, -0.2) is 23.5 Å². The SMILES string of the molecule is CC(=O)Oc1c(C)cccc1C.CCCCNC(=O)C1CCC1.C[C@@H]1CCc2c(O)cccc21. The number of fused-ring (bicyclic) bond motifs is 1. The van der Waals surface area contributed by atoms with Gasteiger partial charge in [-0.25, -0.2) is 0 Å². The Bertz CT molecular complexity index is 929. The number of ether oxygens (including phenoxy) is 1. The Kier molecular flexibility index (Phi) is 11.1. The predicted octanol–water partition coefficient (Wildman–Crippen LogP) is 6.37. The fourth-order valence-corrected chi connectivity index (χ4v) is 4.15. The number of amides is 1. The first-order valence-corrected chi connectivity index (χ1v) is 12.6. The van der Waals surface area contributed by atoms with Crippen LogP contribution in [0.2, 0.25) is 0 Å². The summed E-state index contributed by atoms with van der Waals surface area (Å²) in [6, 6.07) is 11.6. The van der Waals surface area contributed by atoms with Crippen molar-refractivity contribution in [2.75, 3.05) is 6.54 Å². The largest absolute Gasteiger partial charge is 0.508 e. The summed E-state index contributed by atoms with van der Waals surface area (Å²) in [5.41, 5.74) is 4.49. The summed E-state index contributed by atoms with van der Waals surface area (Å²) in [6.07, 6.45) is 7.96. The number of carbonyl (C=O) groups excluding carboxylic acids is 2. The maximum Gasteiger partial charge on any atom is 0.308 e. The molecule has 1 saturated carbocycles. The molecular weight excluding hydrogens is 426 g/mol. The van der Waals surface area contributed by atoms with Crippen LogP contribution in [0.1, 0.15) is 87.5 Å². The lowest BCUT2D eigenvalue weighted by Gasteiger charge is -2.23. The summed E-state index contributed by atoms with van der Waals surface area (Å²) in [5, 5.41) is 12.4. The molecule has 1 amide bonds. The number of para-hydroxylation sites is 1. The first kappa shape index (κ1) is 27.4. The third-order valence-electron chi connectivity index (χ3n) is 6.51. The van der Waals surface area contributed by atoms with Gasteiger partial charge in [-0.2, -0.15) is 0 Å². The minimum atomic E-state index is -0.271. The van der Waals surface area contributed by atoms with Gasteiger partial charge in [-0.1, -0.05) is 57.0 Å². The standard InChI is InChI=1S/C10H12O2.C10H12O.C9H17NO/c1-7-5-4-6-8(2)10(7)12-9(3)11;1-7-5-6-9-8(7)3-2-4-10(9)11;1-2-3-7-10-9(11)8-5-4-6-8/h4-6H,1-3H3;2-4,7,11H,5-6H2,1H3;8H,2-7H2,1H3,(H,10,11)/t;7-;/m.1./s1. The van der Waals surface area contributed by atoms with Crippen molar-refractivity contribution in [3.63, 3.8) is 0 Å². The highest BCUT2D eigenvalue weighted by Gasteiger charge is 2.24. The number of carbonyl (C=O) groups is 2. The summed E-state index contributed by atoms with van der Waals surface area (Å²) in [5.74, 6) is 2.16. The number of phenolic OH excluding ortho intramolecular Hbond substituents is 1. The monoisotopic (exact) mass is 467 g/mol. The number of hydrogen-bond acceptors (Lipinski definition) is 4. The van der Waals surface area contributed by atoms with E-state index in [4.69, 9.17) is 4.74 Å². The van der Waals surface area contributed by atoms with Crippen LogP contribution in [-0.2, 0) is 16.0 Å². The summed E-state index contributed by atoms with van der Waals surface area (Å²) < 4.78 is 5.04. The molecule has 0 radical (unpaired) electrons. The third-order valence-corrected chi connectivity index (χ3v) is 6.51. The van der Waals surface area contributed by atoms with Gasteiger partial charge in [0.25, 0.3) is 0 Å². The number of benzene rings is 2. The van der Waals surface area contributed by atoms with E-state index in [1.165, 1.54) is 30.9 Å². The van der Waals surface area contributed by atoms with Crippen molar-refractivity contribution in [1.29, 1.82) is 0 Å². The molecule has 2 aromatic rings. The number of aryl methyl sites for hydroxylation is 2. The van der Waals surface area contributed by atoms with E-state index in [-0.39, 0.29) is 11.9 Å². The van der Waals surface area contributed by atoms with Crippen molar-refractivity contribution in [3.8, 4) is 11.5 Å². The van der Waals surface area contributed by atoms with Gasteiger partial charge >= 0.3 is 5.97 Å². The molecule has 0 aromatic heterocycles. The average Bonchev–Trinajstić information content (AvgIpc) is 3.13. The first-order valence-electron chi connectivity index (χ1n) is 12.6. The van der Waals surface area contributed by atoms with Crippen molar-refractivity contribution in [1.82, 2.24) is 5.32 Å². The minimum Gasteiger partial charge on any atom is -0.508 e. The lowest BCUT2D eigenvalue weighted by molar-refractivity contribution is -0.132. The fraction of sp³-hybridized carbons (Fsp3) is 0.517. The van der Waals surface area contributed by atoms with Gasteiger partial charge in [0.15, 0.2) is 0 Å². The molecule has 5 nitrogen and oxygen atoms in total. The number of phenols is 1. The normalized spacial score (nSPS) is 16.1. The fourth-order valence-electron chi connectivity index (χ4n) is 4.15. The maximum atomic E-state index is 11.2. The number of rotatable bonds is 5. The molecule has 0 unspecified atom stereocenters. The number of esters is 1. The Morgan fingerprint density at radius 2 is 1.71 bits per heavy atom. The Morgan fingerprint density at radius 1 is 1.06 bits per heavy atom. The second kappa shape index (κ2) is 13.8. The molecule has 2 N–H and O–H groups in total. The molecule has 0 heterocycles. The van der Waals surface area contributed by atoms with Gasteiger partial charge in [-0.15, -0.1) is 0 Å². The van der Waals surface area contributed by atoms with Crippen LogP contribution >= 0.6 is 0 Å². The van der Waals surface area contributed by atoms with E-state index in [2.05, 4.69) is 25.2 Å². The van der Waals surface area contributed by atoms with Crippen LogP contribution in [0.5, 0.6) is 11.5 Å². The zero-order valence-corrected chi connectivity index (χ0v) is 21.4. The second-order valence-corrected chi connectivity index (χ2v) is 9.37. The van der Waals surface area contributed by atoms with Crippen molar-refractivity contribution in [2.45, 2.75) is 85.5 Å². The Labute approximate surface area is 204 Å². The first-order chi connectivity index (χ1) is 16.2. The van der Waals surface area contributed by atoms with Gasteiger partial charge in [-0.05, 0) is 80.2 Å². The van der Waals surface area contributed by atoms with E-state index < -0.39 is 0 Å². The van der Waals surface area contributed by atoms with Crippen molar-refractivity contribution >= 4 is 11.9 Å². The highest BCUT2D eigenvalue weighted by Crippen LogP contribution is 2.37. The molecule has 186 valence electrons. The molecule has 0 spiro atoms. The Morgan fingerprint density at radius 3 is 2.24 bits per heavy atom. The third kappa shape index (κ3) is 8.19. The molecule has 0 bridgehead atoms. The number of unbranched alkanes of at least 4 members (excludes halogenated alkanes) is 1. The average molecular weight is 468 g/mol. The lowest BCUT2D eigenvalue weighted by Crippen LogP contribution is -2.34. The summed E-state index contributed by atoms with van der Waals surface area (Å²) in [4.78, 5) is 21.9. The van der Waals surface area contributed by atoms with Gasteiger partial charge in [0.2, 0.25) is 5.91 Å². The van der Waals surface area contributed by atoms with E-state index in [1.54, 1.807) is 6.07 Å². The maximum absolute atomic E-state index is 11.2. The molecule has 34 heavy (non-hydrogen) atoms. The van der Waals surface area contributed by atoms with E-state index in [9.17, 15) is 14.7 Å². The van der Waals surface area contributed by atoms with Gasteiger partial charge in [-0.3, -0.25) is 9.59 Å². The van der Waals surface area contributed by atoms with Crippen LogP contribution in [0.25, 0.3) is 0 Å². The number of nitrogens with one attached hydrogen (secondary N) is 1. The predicted molar refractivity (Wildman–Crippen MR) is 137 cm³/mol. The van der Waals surface area contributed by atoms with E-state index >= 15 is 0 Å². The molecule has 4 rings (SSSR count). The van der Waals surface area contributed by atoms with Crippen LogP contribution in [0.4, 0.5) is 0 Å². The highest BCUT2D eigenvalue weighted by atomic mass is 16.5. The molecule has 1 atom stereocenters. The molecule has 2 aromatic carbocycles. The quantitative estimate of drug-likeness (QED) is 0.304. The van der Waals surface area contributed by atoms with Crippen LogP contribution in [0.3, 0.4) is 0 Å². The van der Waals surface area contributed by atoms with Gasteiger partial charge < -0.3 is 15.2 Å². The lowest BCUT2D eigenvalue weighted by atomic mass is 9.85. The van der Waals surface area contributed by atoms with Crippen molar-refractivity contribution in [2.24, 2.45) is 5.92 Å². The van der Waals surface area contributed by atoms with E-state index in [0.717, 1.165) is 49.8 Å². The molecule has 5 heteroatoms. The topological polar surface area (TPSA) is 75.6 Å².